The summed E-state index contributed by atoms with van der Waals surface area (Å²) in [6, 6.07) is 24.3. The number of benzene rings is 3. The minimum atomic E-state index is -1.79. The molecule has 0 aromatic heterocycles. The molecule has 0 aliphatic heterocycles. The van der Waals surface area contributed by atoms with Crippen molar-refractivity contribution in [2.45, 2.75) is 51.6 Å². The van der Waals surface area contributed by atoms with Crippen LogP contribution in [0, 0.1) is 0 Å². The molecule has 1 N–H and O–H groups in total. The van der Waals surface area contributed by atoms with Gasteiger partial charge in [0.05, 0.1) is 6.61 Å². The zero-order valence-electron chi connectivity index (χ0n) is 19.1. The van der Waals surface area contributed by atoms with Crippen molar-refractivity contribution < 1.29 is 14.3 Å². The van der Waals surface area contributed by atoms with Gasteiger partial charge in [-0.2, -0.15) is 0 Å². The number of ketones is 1. The Morgan fingerprint density at radius 1 is 0.839 bits per heavy atom. The molecule has 0 aliphatic carbocycles. The van der Waals surface area contributed by atoms with Crippen LogP contribution in [0.5, 0.6) is 0 Å². The first-order valence-corrected chi connectivity index (χ1v) is 13.6. The van der Waals surface area contributed by atoms with Gasteiger partial charge in [-0.05, 0) is 34.8 Å². The highest BCUT2D eigenvalue weighted by Gasteiger charge is 2.37. The van der Waals surface area contributed by atoms with Crippen molar-refractivity contribution in [2.24, 2.45) is 0 Å². The number of aliphatic hydroxyl groups excluding tert-OH is 1. The Balaban J connectivity index is 1.66. The van der Waals surface area contributed by atoms with Gasteiger partial charge >= 0.3 is 0 Å². The monoisotopic (exact) mass is 432 g/mol. The summed E-state index contributed by atoms with van der Waals surface area (Å²) in [6.07, 6.45) is -0.740. The maximum absolute atomic E-state index is 12.6. The van der Waals surface area contributed by atoms with Crippen molar-refractivity contribution in [1.82, 2.24) is 0 Å². The zero-order valence-corrected chi connectivity index (χ0v) is 20.1. The second-order valence-corrected chi connectivity index (χ2v) is 14.3. The lowest BCUT2D eigenvalue weighted by Crippen LogP contribution is -2.40. The number of carbonyl (C=O) groups is 1. The molecule has 3 nitrogen and oxygen atoms in total. The number of aliphatic hydroxyl groups is 1. The van der Waals surface area contributed by atoms with Crippen molar-refractivity contribution in [3.8, 4) is 0 Å². The molecule has 3 aromatic carbocycles. The van der Waals surface area contributed by atoms with Gasteiger partial charge in [-0.15, -0.1) is 0 Å². The SMILES string of the molecule is CC(C)(C)[Si](C)(C)OCc1ccc(C(O)c2ccc(C(=O)c3ccccc3)cc2)cc1. The number of hydrogen-bond donors (Lipinski definition) is 1. The van der Waals surface area contributed by atoms with Gasteiger partial charge in [0.1, 0.15) is 6.10 Å². The molecule has 0 aliphatic rings. The van der Waals surface area contributed by atoms with Crippen LogP contribution < -0.4 is 0 Å². The average molecular weight is 433 g/mol. The van der Waals surface area contributed by atoms with Crippen LogP contribution in [0.25, 0.3) is 0 Å². The van der Waals surface area contributed by atoms with E-state index in [0.29, 0.717) is 17.7 Å². The summed E-state index contributed by atoms with van der Waals surface area (Å²) in [5.41, 5.74) is 3.95. The van der Waals surface area contributed by atoms with E-state index in [1.54, 1.807) is 12.1 Å². The molecule has 31 heavy (non-hydrogen) atoms. The highest BCUT2D eigenvalue weighted by molar-refractivity contribution is 6.74. The van der Waals surface area contributed by atoms with Gasteiger partial charge in [0, 0.05) is 11.1 Å². The first-order chi connectivity index (χ1) is 14.6. The van der Waals surface area contributed by atoms with E-state index < -0.39 is 14.4 Å². The van der Waals surface area contributed by atoms with Crippen molar-refractivity contribution in [3.63, 3.8) is 0 Å². The van der Waals surface area contributed by atoms with E-state index in [2.05, 4.69) is 33.9 Å². The Morgan fingerprint density at radius 2 is 1.32 bits per heavy atom. The third-order valence-corrected chi connectivity index (χ3v) is 10.7. The lowest BCUT2D eigenvalue weighted by atomic mass is 9.97. The van der Waals surface area contributed by atoms with E-state index in [1.165, 1.54) is 0 Å². The van der Waals surface area contributed by atoms with Crippen molar-refractivity contribution in [1.29, 1.82) is 0 Å². The van der Waals surface area contributed by atoms with Crippen LogP contribution in [0.4, 0.5) is 0 Å². The lowest BCUT2D eigenvalue weighted by molar-refractivity contribution is 0.103. The molecule has 0 bridgehead atoms. The molecule has 3 aromatic rings. The molecule has 162 valence electrons. The van der Waals surface area contributed by atoms with Crippen molar-refractivity contribution in [2.75, 3.05) is 0 Å². The molecule has 0 amide bonds. The predicted octanol–water partition coefficient (Wildman–Crippen LogP) is 6.52. The predicted molar refractivity (Wildman–Crippen MR) is 129 cm³/mol. The van der Waals surface area contributed by atoms with E-state index in [9.17, 15) is 9.90 Å². The molecule has 0 fully saturated rings. The summed E-state index contributed by atoms with van der Waals surface area (Å²) in [5, 5.41) is 11.0. The summed E-state index contributed by atoms with van der Waals surface area (Å²) in [6.45, 7) is 11.8. The summed E-state index contributed by atoms with van der Waals surface area (Å²) in [5.74, 6) is -0.0206. The van der Waals surface area contributed by atoms with Crippen molar-refractivity contribution >= 4 is 14.1 Å². The quantitative estimate of drug-likeness (QED) is 0.341. The third-order valence-electron chi connectivity index (χ3n) is 6.23. The molecule has 4 heteroatoms. The van der Waals surface area contributed by atoms with Crippen LogP contribution in [0.2, 0.25) is 18.1 Å². The normalized spacial score (nSPS) is 13.1. The number of carbonyl (C=O) groups excluding carboxylic acids is 1. The highest BCUT2D eigenvalue weighted by atomic mass is 28.4. The smallest absolute Gasteiger partial charge is 0.193 e. The lowest BCUT2D eigenvalue weighted by Gasteiger charge is -2.36. The summed E-state index contributed by atoms with van der Waals surface area (Å²) in [7, 11) is -1.79. The average Bonchev–Trinajstić information content (AvgIpc) is 2.77. The Bertz CT molecular complexity index is 1000. The van der Waals surface area contributed by atoms with Gasteiger partial charge in [0.2, 0.25) is 0 Å². The second-order valence-electron chi connectivity index (χ2n) is 9.51. The molecular formula is C27H32O3Si. The zero-order chi connectivity index (χ0) is 22.6. The van der Waals surface area contributed by atoms with Gasteiger partial charge < -0.3 is 9.53 Å². The Kier molecular flexibility index (Phi) is 6.95. The van der Waals surface area contributed by atoms with Crippen LogP contribution in [0.15, 0.2) is 78.9 Å². The third kappa shape index (κ3) is 5.59. The van der Waals surface area contributed by atoms with Gasteiger partial charge in [0.15, 0.2) is 14.1 Å². The van der Waals surface area contributed by atoms with E-state index in [4.69, 9.17) is 4.43 Å². The fourth-order valence-electron chi connectivity index (χ4n) is 3.04. The molecular weight excluding hydrogens is 400 g/mol. The van der Waals surface area contributed by atoms with E-state index in [-0.39, 0.29) is 10.8 Å². The first-order valence-electron chi connectivity index (χ1n) is 10.7. The Hall–Kier alpha value is -2.53. The van der Waals surface area contributed by atoms with Crippen LogP contribution in [-0.4, -0.2) is 19.2 Å². The number of hydrogen-bond acceptors (Lipinski definition) is 3. The standard InChI is InChI=1S/C27H32O3Si/c1-27(2,3)31(4,5)30-19-20-11-13-22(14-12-20)26(29)24-17-15-23(16-18-24)25(28)21-9-7-6-8-10-21/h6-18,26,29H,19H2,1-5H3. The summed E-state index contributed by atoms with van der Waals surface area (Å²) in [4.78, 5) is 12.6. The van der Waals surface area contributed by atoms with Crippen LogP contribution >= 0.6 is 0 Å². The second kappa shape index (κ2) is 9.31. The molecule has 0 saturated carbocycles. The van der Waals surface area contributed by atoms with E-state index in [1.807, 2.05) is 66.7 Å². The van der Waals surface area contributed by atoms with Gasteiger partial charge in [0.25, 0.3) is 0 Å². The molecule has 0 radical (unpaired) electrons. The topological polar surface area (TPSA) is 46.5 Å². The van der Waals surface area contributed by atoms with E-state index in [0.717, 1.165) is 16.7 Å². The minimum absolute atomic E-state index is 0.0206. The molecule has 1 unspecified atom stereocenters. The minimum Gasteiger partial charge on any atom is -0.413 e. The maximum Gasteiger partial charge on any atom is 0.193 e. The summed E-state index contributed by atoms with van der Waals surface area (Å²) < 4.78 is 6.28. The Morgan fingerprint density at radius 3 is 1.84 bits per heavy atom. The molecule has 0 spiro atoms. The molecule has 0 heterocycles. The highest BCUT2D eigenvalue weighted by Crippen LogP contribution is 2.37. The largest absolute Gasteiger partial charge is 0.413 e. The maximum atomic E-state index is 12.6. The van der Waals surface area contributed by atoms with Gasteiger partial charge in [-0.25, -0.2) is 0 Å². The van der Waals surface area contributed by atoms with Crippen LogP contribution in [0.1, 0.15) is 59.5 Å². The van der Waals surface area contributed by atoms with Gasteiger partial charge in [-0.3, -0.25) is 4.79 Å². The molecule has 0 saturated heterocycles. The first kappa shape index (κ1) is 23.1. The molecule has 3 rings (SSSR count). The van der Waals surface area contributed by atoms with E-state index >= 15 is 0 Å². The Labute approximate surface area is 186 Å². The van der Waals surface area contributed by atoms with Crippen molar-refractivity contribution in [3.05, 3.63) is 107 Å². The fourth-order valence-corrected chi connectivity index (χ4v) is 4.00. The fraction of sp³-hybridized carbons (Fsp3) is 0.296. The summed E-state index contributed by atoms with van der Waals surface area (Å²) >= 11 is 0. The van der Waals surface area contributed by atoms with Crippen LogP contribution in [0.3, 0.4) is 0 Å². The molecule has 1 atom stereocenters. The van der Waals surface area contributed by atoms with Gasteiger partial charge in [-0.1, -0.05) is 99.6 Å². The van der Waals surface area contributed by atoms with Crippen LogP contribution in [-0.2, 0) is 11.0 Å². The number of rotatable bonds is 7.